The van der Waals surface area contributed by atoms with Crippen LogP contribution in [0.3, 0.4) is 0 Å². The zero-order valence-corrected chi connectivity index (χ0v) is 37.3. The number of hydrazone groups is 1. The van der Waals surface area contributed by atoms with E-state index < -0.39 is 16.6 Å². The molecule has 3 N–H and O–H groups in total. The van der Waals surface area contributed by atoms with Gasteiger partial charge in [-0.2, -0.15) is 19.7 Å². The van der Waals surface area contributed by atoms with Crippen molar-refractivity contribution < 1.29 is 22.9 Å². The fourth-order valence-corrected chi connectivity index (χ4v) is 8.21. The topological polar surface area (TPSA) is 182 Å². The molecule has 1 aliphatic rings. The standard InChI is InChI=1S/C42H51FN12O2S.C2H3NO2/c1-8-18-52(7)40(49-51(5)6)30-12-14-33(15-13-30)54-21-19-53(20-22-54)29(4)31-10-9-11-34(23-31)58(56)35-16-17-37(36(43)24-35)47-42-48-41-39(57-28(2)3)38(32-25-45-46-26-32)44-27-55(41)50-42;4-1-3-2-5/h9-17,23-29H,8,18-22H2,1-7H3,(H,45,46)(H,47,50);1-2H,(H,3,4,5)/b49-40+;. The highest BCUT2D eigenvalue weighted by atomic mass is 32.2. The normalized spacial score (nSPS) is 14.1. The molecule has 2 amide bonds. The molecule has 4 heterocycles. The number of amides is 2. The maximum absolute atomic E-state index is 15.6. The van der Waals surface area contributed by atoms with E-state index in [1.54, 1.807) is 29.8 Å². The summed E-state index contributed by atoms with van der Waals surface area (Å²) in [6.07, 6.45) is 6.40. The number of hydrogen-bond donors (Lipinski definition) is 3. The molecule has 1 saturated heterocycles. The highest BCUT2D eigenvalue weighted by Gasteiger charge is 2.24. The van der Waals surface area contributed by atoms with Crippen LogP contribution in [-0.2, 0) is 20.4 Å². The number of fused-ring (bicyclic) bond motifs is 1. The van der Waals surface area contributed by atoms with E-state index in [1.165, 1.54) is 22.6 Å². The zero-order valence-electron chi connectivity index (χ0n) is 36.5. The molecule has 63 heavy (non-hydrogen) atoms. The van der Waals surface area contributed by atoms with E-state index in [0.717, 1.165) is 61.7 Å². The summed E-state index contributed by atoms with van der Waals surface area (Å²) in [5.74, 6) is 0.969. The van der Waals surface area contributed by atoms with Gasteiger partial charge in [0.25, 0.3) is 0 Å². The first-order valence-electron chi connectivity index (χ1n) is 20.6. The minimum absolute atomic E-state index is 0.110. The Bertz CT molecular complexity index is 2500. The maximum Gasteiger partial charge on any atom is 0.247 e. The molecular weight excluding hydrogens is 826 g/mol. The third-order valence-electron chi connectivity index (χ3n) is 10.1. The first-order chi connectivity index (χ1) is 30.4. The average Bonchev–Trinajstić information content (AvgIpc) is 3.97. The van der Waals surface area contributed by atoms with E-state index in [-0.39, 0.29) is 23.8 Å². The van der Waals surface area contributed by atoms with Crippen molar-refractivity contribution in [3.05, 3.63) is 102 Å². The Hall–Kier alpha value is -6.73. The summed E-state index contributed by atoms with van der Waals surface area (Å²) >= 11 is 0. The van der Waals surface area contributed by atoms with Crippen LogP contribution in [0.5, 0.6) is 5.75 Å². The number of anilines is 3. The van der Waals surface area contributed by atoms with Crippen LogP contribution in [0, 0.1) is 5.82 Å². The van der Waals surface area contributed by atoms with Gasteiger partial charge in [0, 0.05) is 92.7 Å². The van der Waals surface area contributed by atoms with Crippen LogP contribution in [0.25, 0.3) is 16.9 Å². The number of imide groups is 1. The van der Waals surface area contributed by atoms with Gasteiger partial charge in [-0.1, -0.05) is 19.1 Å². The van der Waals surface area contributed by atoms with Crippen LogP contribution in [0.1, 0.15) is 51.3 Å². The molecule has 0 spiro atoms. The van der Waals surface area contributed by atoms with E-state index in [4.69, 9.17) is 19.4 Å². The number of aromatic amines is 1. The summed E-state index contributed by atoms with van der Waals surface area (Å²) in [5.41, 5.74) is 5.21. The van der Waals surface area contributed by atoms with Crippen molar-refractivity contribution in [2.75, 3.05) is 64.1 Å². The second-order valence-electron chi connectivity index (χ2n) is 15.2. The van der Waals surface area contributed by atoms with Crippen molar-refractivity contribution >= 4 is 52.4 Å². The third kappa shape index (κ3) is 11.4. The highest BCUT2D eigenvalue weighted by Crippen LogP contribution is 2.33. The minimum atomic E-state index is -1.60. The summed E-state index contributed by atoms with van der Waals surface area (Å²) in [6, 6.07) is 21.1. The Labute approximate surface area is 368 Å². The monoisotopic (exact) mass is 879 g/mol. The molecule has 0 bridgehead atoms. The smallest absolute Gasteiger partial charge is 0.247 e. The molecule has 332 valence electrons. The Kier molecular flexibility index (Phi) is 15.5. The molecular formula is C44H54FN13O4S. The maximum atomic E-state index is 15.6. The molecule has 19 heteroatoms. The van der Waals surface area contributed by atoms with E-state index in [2.05, 4.69) is 96.5 Å². The van der Waals surface area contributed by atoms with E-state index >= 15 is 4.39 Å². The summed E-state index contributed by atoms with van der Waals surface area (Å²) < 4.78 is 37.0. The fourth-order valence-electron chi connectivity index (χ4n) is 7.09. The number of hydrogen-bond acceptors (Lipinski definition) is 13. The number of piperazine rings is 1. The lowest BCUT2D eigenvalue weighted by Gasteiger charge is -2.39. The third-order valence-corrected chi connectivity index (χ3v) is 11.5. The van der Waals surface area contributed by atoms with Gasteiger partial charge in [-0.05, 0) is 87.4 Å². The molecule has 2 unspecified atom stereocenters. The highest BCUT2D eigenvalue weighted by molar-refractivity contribution is 7.85. The number of aromatic nitrogens is 6. The SMILES string of the molecule is CCCN(C)/C(=N/N(C)C)c1ccc(N2CCN(C(C)c3cccc(S(=O)c4ccc(Nc5nc6c(OC(C)C)c(-c7cn[nH]c7)ncn6n5)c(F)c4)c3)CC2)cc1.O=CNC=O. The van der Waals surface area contributed by atoms with Crippen LogP contribution in [0.15, 0.2) is 100 Å². The number of H-pyrrole nitrogens is 1. The molecule has 2 atom stereocenters. The number of halogens is 1. The zero-order chi connectivity index (χ0) is 45.0. The molecule has 1 aliphatic heterocycles. The van der Waals surface area contributed by atoms with Gasteiger partial charge >= 0.3 is 0 Å². The molecule has 0 radical (unpaired) electrons. The summed E-state index contributed by atoms with van der Waals surface area (Å²) in [7, 11) is 4.38. The lowest BCUT2D eigenvalue weighted by atomic mass is 10.1. The van der Waals surface area contributed by atoms with Crippen molar-refractivity contribution in [2.45, 2.75) is 56.1 Å². The van der Waals surface area contributed by atoms with E-state index in [1.807, 2.05) is 51.2 Å². The number of carbonyl (C=O) groups excluding carboxylic acids is 2. The lowest BCUT2D eigenvalue weighted by Crippen LogP contribution is -2.47. The number of carbonyl (C=O) groups is 2. The first kappa shape index (κ1) is 45.8. The van der Waals surface area contributed by atoms with Gasteiger partial charge in [0.15, 0.2) is 11.6 Å². The van der Waals surface area contributed by atoms with Gasteiger partial charge in [0.2, 0.25) is 24.4 Å². The summed E-state index contributed by atoms with van der Waals surface area (Å²) in [4.78, 5) is 35.3. The molecule has 3 aromatic heterocycles. The van der Waals surface area contributed by atoms with Gasteiger partial charge < -0.3 is 30.2 Å². The number of ether oxygens (including phenoxy) is 1. The van der Waals surface area contributed by atoms with Gasteiger partial charge in [-0.25, -0.2) is 13.6 Å². The number of rotatable bonds is 16. The Morgan fingerprint density at radius 1 is 1.00 bits per heavy atom. The van der Waals surface area contributed by atoms with Crippen molar-refractivity contribution in [1.82, 2.24) is 49.9 Å². The molecule has 0 saturated carbocycles. The van der Waals surface area contributed by atoms with Gasteiger partial charge in [-0.3, -0.25) is 19.6 Å². The average molecular weight is 880 g/mol. The molecule has 6 aromatic rings. The fraction of sp³-hybridized carbons (Fsp3) is 0.341. The second-order valence-corrected chi connectivity index (χ2v) is 16.7. The quantitative estimate of drug-likeness (QED) is 0.0468. The lowest BCUT2D eigenvalue weighted by molar-refractivity contribution is -0.117. The predicted octanol–water partition coefficient (Wildman–Crippen LogP) is 5.69. The van der Waals surface area contributed by atoms with Gasteiger partial charge in [0.05, 0.1) is 28.8 Å². The van der Waals surface area contributed by atoms with Gasteiger partial charge in [0.1, 0.15) is 17.8 Å². The summed E-state index contributed by atoms with van der Waals surface area (Å²) in [6.45, 7) is 12.7. The molecule has 17 nitrogen and oxygen atoms in total. The number of benzene rings is 3. The molecule has 0 aliphatic carbocycles. The number of nitrogens with zero attached hydrogens (tertiary/aromatic N) is 10. The Balaban J connectivity index is 0.00000125. The van der Waals surface area contributed by atoms with Crippen molar-refractivity contribution in [2.24, 2.45) is 5.10 Å². The van der Waals surface area contributed by atoms with E-state index in [0.29, 0.717) is 39.7 Å². The minimum Gasteiger partial charge on any atom is -0.485 e. The van der Waals surface area contributed by atoms with Crippen LogP contribution in [-0.4, -0.2) is 127 Å². The Morgan fingerprint density at radius 3 is 2.35 bits per heavy atom. The van der Waals surface area contributed by atoms with Crippen molar-refractivity contribution in [1.29, 1.82) is 0 Å². The number of nitrogens with one attached hydrogen (secondary N) is 3. The largest absolute Gasteiger partial charge is 0.485 e. The van der Waals surface area contributed by atoms with E-state index in [9.17, 15) is 4.21 Å². The second kappa shape index (κ2) is 21.4. The first-order valence-corrected chi connectivity index (χ1v) is 21.7. The molecule has 7 rings (SSSR count). The predicted molar refractivity (Wildman–Crippen MR) is 242 cm³/mol. The Morgan fingerprint density at radius 2 is 1.73 bits per heavy atom. The van der Waals surface area contributed by atoms with Crippen LogP contribution in [0.2, 0.25) is 0 Å². The molecule has 3 aromatic carbocycles. The van der Waals surface area contributed by atoms with Crippen LogP contribution in [0.4, 0.5) is 21.7 Å². The summed E-state index contributed by atoms with van der Waals surface area (Å²) in [5, 5.41) is 22.6. The van der Waals surface area contributed by atoms with Crippen LogP contribution < -0.4 is 20.3 Å². The van der Waals surface area contributed by atoms with Crippen LogP contribution >= 0.6 is 0 Å². The van der Waals surface area contributed by atoms with Crippen molar-refractivity contribution in [3.8, 4) is 17.0 Å². The van der Waals surface area contributed by atoms with Crippen molar-refractivity contribution in [3.63, 3.8) is 0 Å². The number of amidine groups is 1. The van der Waals surface area contributed by atoms with Gasteiger partial charge in [-0.15, -0.1) is 5.10 Å². The molecule has 1 fully saturated rings.